The summed E-state index contributed by atoms with van der Waals surface area (Å²) in [6.45, 7) is 3.84. The highest BCUT2D eigenvalue weighted by Gasteiger charge is 2.29. The van der Waals surface area contributed by atoms with Crippen LogP contribution in [-0.2, 0) is 10.2 Å². The van der Waals surface area contributed by atoms with E-state index in [9.17, 15) is 4.79 Å². The number of benzene rings is 1. The Morgan fingerprint density at radius 3 is 2.36 bits per heavy atom. The third-order valence-corrected chi connectivity index (χ3v) is 4.35. The smallest absolute Gasteiger partial charge is 0.229 e. The lowest BCUT2D eigenvalue weighted by Crippen LogP contribution is -2.37. The molecule has 0 spiro atoms. The average Bonchev–Trinajstić information content (AvgIpc) is 2.68. The molecule has 126 valence electrons. The minimum atomic E-state index is -0.608. The number of carbonyl (C=O) groups excluding carboxylic acids is 1. The Kier molecular flexibility index (Phi) is 4.61. The molecule has 0 radical (unpaired) electrons. The highest BCUT2D eigenvalue weighted by Crippen LogP contribution is 2.28. The van der Waals surface area contributed by atoms with Crippen LogP contribution in [0, 0.1) is 0 Å². The Hall–Kier alpha value is -3.01. The summed E-state index contributed by atoms with van der Waals surface area (Å²) in [7, 11) is 1.66. The van der Waals surface area contributed by atoms with Crippen molar-refractivity contribution in [3.8, 4) is 22.6 Å². The van der Waals surface area contributed by atoms with Gasteiger partial charge in [0.05, 0.1) is 22.5 Å². The van der Waals surface area contributed by atoms with Crippen LogP contribution in [0.4, 0.5) is 0 Å². The highest BCUT2D eigenvalue weighted by atomic mass is 16.2. The molecule has 1 aromatic carbocycles. The van der Waals surface area contributed by atoms with E-state index in [2.05, 4.69) is 10.3 Å². The molecule has 25 heavy (non-hydrogen) atoms. The van der Waals surface area contributed by atoms with Crippen LogP contribution in [-0.4, -0.2) is 22.9 Å². The van der Waals surface area contributed by atoms with Crippen LogP contribution in [0.2, 0.25) is 0 Å². The van der Waals surface area contributed by atoms with Gasteiger partial charge in [-0.15, -0.1) is 0 Å². The van der Waals surface area contributed by atoms with Crippen molar-refractivity contribution in [2.75, 3.05) is 7.05 Å². The van der Waals surface area contributed by atoms with Gasteiger partial charge in [0.25, 0.3) is 0 Å². The summed E-state index contributed by atoms with van der Waals surface area (Å²) < 4.78 is 0. The molecule has 3 rings (SSSR count). The Balaban J connectivity index is 2.01. The summed E-state index contributed by atoms with van der Waals surface area (Å²) >= 11 is 0. The number of nitrogens with one attached hydrogen (secondary N) is 1. The Morgan fingerprint density at radius 2 is 1.64 bits per heavy atom. The number of aromatic nitrogens is 2. The molecule has 0 unspecified atom stereocenters. The van der Waals surface area contributed by atoms with Gasteiger partial charge in [0.2, 0.25) is 5.91 Å². The van der Waals surface area contributed by atoms with Gasteiger partial charge in [0.15, 0.2) is 0 Å². The number of likely N-dealkylation sites (N-methyl/N-ethyl adjacent to an activating group) is 1. The SMILES string of the molecule is CNC(=O)C(C)(C)c1cccc(-c2cccc(-c3ccccn3)n2)c1. The van der Waals surface area contributed by atoms with E-state index in [1.165, 1.54) is 0 Å². The zero-order valence-corrected chi connectivity index (χ0v) is 14.7. The summed E-state index contributed by atoms with van der Waals surface area (Å²) in [6.07, 6.45) is 1.76. The van der Waals surface area contributed by atoms with Crippen molar-refractivity contribution >= 4 is 5.91 Å². The van der Waals surface area contributed by atoms with E-state index in [1.54, 1.807) is 13.2 Å². The zero-order chi connectivity index (χ0) is 17.9. The van der Waals surface area contributed by atoms with Crippen molar-refractivity contribution in [1.29, 1.82) is 0 Å². The van der Waals surface area contributed by atoms with Crippen LogP contribution in [0.1, 0.15) is 19.4 Å². The quantitative estimate of drug-likeness (QED) is 0.790. The van der Waals surface area contributed by atoms with Crippen LogP contribution in [0.3, 0.4) is 0 Å². The number of amides is 1. The van der Waals surface area contributed by atoms with E-state index in [4.69, 9.17) is 4.98 Å². The first-order chi connectivity index (χ1) is 12.0. The van der Waals surface area contributed by atoms with Gasteiger partial charge in [-0.1, -0.05) is 30.3 Å². The summed E-state index contributed by atoms with van der Waals surface area (Å²) in [5.74, 6) is -0.0140. The van der Waals surface area contributed by atoms with Gasteiger partial charge in [-0.05, 0) is 49.7 Å². The molecule has 0 bridgehead atoms. The summed E-state index contributed by atoms with van der Waals surface area (Å²) in [5.41, 5.74) is 3.85. The third kappa shape index (κ3) is 3.43. The number of hydrogen-bond donors (Lipinski definition) is 1. The molecule has 0 saturated heterocycles. The number of hydrogen-bond acceptors (Lipinski definition) is 3. The topological polar surface area (TPSA) is 54.9 Å². The highest BCUT2D eigenvalue weighted by molar-refractivity contribution is 5.87. The Bertz CT molecular complexity index is 888. The van der Waals surface area contributed by atoms with Crippen molar-refractivity contribution in [3.63, 3.8) is 0 Å². The first-order valence-corrected chi connectivity index (χ1v) is 8.24. The van der Waals surface area contributed by atoms with Gasteiger partial charge in [-0.2, -0.15) is 0 Å². The van der Waals surface area contributed by atoms with Crippen LogP contribution in [0.25, 0.3) is 22.6 Å². The lowest BCUT2D eigenvalue weighted by atomic mass is 9.83. The lowest BCUT2D eigenvalue weighted by Gasteiger charge is -2.23. The zero-order valence-electron chi connectivity index (χ0n) is 14.7. The molecule has 3 aromatic rings. The number of nitrogens with zero attached hydrogens (tertiary/aromatic N) is 2. The van der Waals surface area contributed by atoms with Gasteiger partial charge in [0.1, 0.15) is 0 Å². The molecule has 0 aliphatic carbocycles. The minimum absolute atomic E-state index is 0.0140. The van der Waals surface area contributed by atoms with Crippen molar-refractivity contribution in [1.82, 2.24) is 15.3 Å². The molecule has 0 aliphatic heterocycles. The second-order valence-corrected chi connectivity index (χ2v) is 6.41. The molecule has 4 nitrogen and oxygen atoms in total. The molecule has 1 N–H and O–H groups in total. The molecule has 1 amide bonds. The normalized spacial score (nSPS) is 11.2. The fourth-order valence-corrected chi connectivity index (χ4v) is 2.76. The monoisotopic (exact) mass is 331 g/mol. The first kappa shape index (κ1) is 16.8. The first-order valence-electron chi connectivity index (χ1n) is 8.24. The lowest BCUT2D eigenvalue weighted by molar-refractivity contribution is -0.125. The molecule has 2 heterocycles. The molecular formula is C21H21N3O. The predicted molar refractivity (Wildman–Crippen MR) is 100.0 cm³/mol. The maximum atomic E-state index is 12.2. The molecule has 0 fully saturated rings. The van der Waals surface area contributed by atoms with Crippen LogP contribution >= 0.6 is 0 Å². The second kappa shape index (κ2) is 6.85. The maximum absolute atomic E-state index is 12.2. The average molecular weight is 331 g/mol. The van der Waals surface area contributed by atoms with Crippen molar-refractivity contribution < 1.29 is 4.79 Å². The molecule has 2 aromatic heterocycles. The Morgan fingerprint density at radius 1 is 0.920 bits per heavy atom. The van der Waals surface area contributed by atoms with Gasteiger partial charge < -0.3 is 5.32 Å². The summed E-state index contributed by atoms with van der Waals surface area (Å²) in [6, 6.07) is 19.6. The molecular weight excluding hydrogens is 310 g/mol. The van der Waals surface area contributed by atoms with Gasteiger partial charge >= 0.3 is 0 Å². The number of pyridine rings is 2. The molecule has 4 heteroatoms. The largest absolute Gasteiger partial charge is 0.358 e. The van der Waals surface area contributed by atoms with E-state index < -0.39 is 5.41 Å². The van der Waals surface area contributed by atoms with Crippen LogP contribution in [0.5, 0.6) is 0 Å². The standard InChI is InChI=1S/C21H21N3O/c1-21(2,20(25)22-3)16-9-6-8-15(14-16)17-11-7-12-19(24-17)18-10-4-5-13-23-18/h4-14H,1-3H3,(H,22,25). The van der Waals surface area contributed by atoms with Crippen molar-refractivity contribution in [2.45, 2.75) is 19.3 Å². The van der Waals surface area contributed by atoms with E-state index in [0.717, 1.165) is 28.2 Å². The van der Waals surface area contributed by atoms with Crippen LogP contribution < -0.4 is 5.32 Å². The number of rotatable bonds is 4. The van der Waals surface area contributed by atoms with Crippen molar-refractivity contribution in [3.05, 3.63) is 72.4 Å². The second-order valence-electron chi connectivity index (χ2n) is 6.41. The fourth-order valence-electron chi connectivity index (χ4n) is 2.76. The molecule has 0 aliphatic rings. The predicted octanol–water partition coefficient (Wildman–Crippen LogP) is 3.83. The van der Waals surface area contributed by atoms with E-state index in [1.807, 2.05) is 74.5 Å². The van der Waals surface area contributed by atoms with Gasteiger partial charge in [0, 0.05) is 18.8 Å². The molecule has 0 atom stereocenters. The van der Waals surface area contributed by atoms with E-state index >= 15 is 0 Å². The maximum Gasteiger partial charge on any atom is 0.229 e. The fraction of sp³-hybridized carbons (Fsp3) is 0.190. The summed E-state index contributed by atoms with van der Waals surface area (Å²) in [4.78, 5) is 21.3. The third-order valence-electron chi connectivity index (χ3n) is 4.35. The van der Waals surface area contributed by atoms with Gasteiger partial charge in [-0.25, -0.2) is 4.98 Å². The summed E-state index contributed by atoms with van der Waals surface area (Å²) in [5, 5.41) is 2.73. The van der Waals surface area contributed by atoms with E-state index in [-0.39, 0.29) is 5.91 Å². The Labute approximate surface area is 148 Å². The number of carbonyl (C=O) groups is 1. The van der Waals surface area contributed by atoms with Crippen molar-refractivity contribution in [2.24, 2.45) is 0 Å². The van der Waals surface area contributed by atoms with Crippen LogP contribution in [0.15, 0.2) is 66.9 Å². The van der Waals surface area contributed by atoms with E-state index in [0.29, 0.717) is 0 Å². The molecule has 0 saturated carbocycles. The minimum Gasteiger partial charge on any atom is -0.358 e. The van der Waals surface area contributed by atoms with Gasteiger partial charge in [-0.3, -0.25) is 9.78 Å².